The summed E-state index contributed by atoms with van der Waals surface area (Å²) in [5.41, 5.74) is 1.13. The first-order chi connectivity index (χ1) is 7.25. The van der Waals surface area contributed by atoms with Gasteiger partial charge in [0.1, 0.15) is 0 Å². The van der Waals surface area contributed by atoms with Crippen molar-refractivity contribution < 1.29 is 9.90 Å². The molecule has 1 aromatic rings. The Hall–Kier alpha value is -1.39. The highest BCUT2D eigenvalue weighted by Crippen LogP contribution is 2.09. The maximum absolute atomic E-state index is 11.0. The molecule has 1 aromatic carbocycles. The molecular formula is C11H14N2O2. The summed E-state index contributed by atoms with van der Waals surface area (Å²) < 4.78 is 0. The predicted molar refractivity (Wildman–Crippen MR) is 55.6 cm³/mol. The summed E-state index contributed by atoms with van der Waals surface area (Å²) in [6.45, 7) is 1.25. The van der Waals surface area contributed by atoms with Gasteiger partial charge in [0.15, 0.2) is 6.35 Å². The molecule has 4 heteroatoms. The molecule has 1 saturated heterocycles. The Kier molecular flexibility index (Phi) is 2.99. The van der Waals surface area contributed by atoms with Gasteiger partial charge in [-0.05, 0) is 5.56 Å². The van der Waals surface area contributed by atoms with Gasteiger partial charge in [0, 0.05) is 19.5 Å². The van der Waals surface area contributed by atoms with E-state index < -0.39 is 6.35 Å². The maximum atomic E-state index is 11.0. The van der Waals surface area contributed by atoms with Crippen LogP contribution < -0.4 is 5.32 Å². The molecule has 1 aliphatic heterocycles. The van der Waals surface area contributed by atoms with Gasteiger partial charge in [-0.25, -0.2) is 0 Å². The summed E-state index contributed by atoms with van der Waals surface area (Å²) in [6, 6.07) is 9.89. The Morgan fingerprint density at radius 3 is 2.80 bits per heavy atom. The highest BCUT2D eigenvalue weighted by molar-refractivity contribution is 5.76. The van der Waals surface area contributed by atoms with E-state index in [1.54, 1.807) is 0 Å². The Bertz CT molecular complexity index is 340. The zero-order valence-electron chi connectivity index (χ0n) is 8.39. The van der Waals surface area contributed by atoms with Crippen LogP contribution in [0.5, 0.6) is 0 Å². The van der Waals surface area contributed by atoms with Crippen LogP contribution in [-0.2, 0) is 11.3 Å². The second-order valence-electron chi connectivity index (χ2n) is 3.65. The summed E-state index contributed by atoms with van der Waals surface area (Å²) in [7, 11) is 0. The molecule has 1 fully saturated rings. The van der Waals surface area contributed by atoms with E-state index in [2.05, 4.69) is 5.32 Å². The van der Waals surface area contributed by atoms with E-state index in [1.807, 2.05) is 35.2 Å². The second kappa shape index (κ2) is 4.42. The van der Waals surface area contributed by atoms with Crippen molar-refractivity contribution in [3.05, 3.63) is 35.9 Å². The van der Waals surface area contributed by atoms with E-state index in [-0.39, 0.29) is 5.91 Å². The molecule has 4 nitrogen and oxygen atoms in total. The van der Waals surface area contributed by atoms with Gasteiger partial charge in [0.05, 0.1) is 0 Å². The Morgan fingerprint density at radius 1 is 1.40 bits per heavy atom. The minimum atomic E-state index is -0.855. The van der Waals surface area contributed by atoms with Crippen LogP contribution in [-0.4, -0.2) is 28.8 Å². The second-order valence-corrected chi connectivity index (χ2v) is 3.65. The summed E-state index contributed by atoms with van der Waals surface area (Å²) >= 11 is 0. The van der Waals surface area contributed by atoms with Gasteiger partial charge in [0.2, 0.25) is 5.91 Å². The molecule has 1 atom stereocenters. The smallest absolute Gasteiger partial charge is 0.224 e. The maximum Gasteiger partial charge on any atom is 0.224 e. The van der Waals surface area contributed by atoms with Crippen molar-refractivity contribution in [1.29, 1.82) is 0 Å². The number of aliphatic hydroxyl groups excluding tert-OH is 1. The van der Waals surface area contributed by atoms with Gasteiger partial charge in [-0.15, -0.1) is 0 Å². The molecule has 0 spiro atoms. The van der Waals surface area contributed by atoms with Crippen LogP contribution in [0.2, 0.25) is 0 Å². The predicted octanol–water partition coefficient (Wildman–Crippen LogP) is 0.284. The monoisotopic (exact) mass is 206 g/mol. The van der Waals surface area contributed by atoms with Crippen LogP contribution >= 0.6 is 0 Å². The molecule has 0 aliphatic carbocycles. The zero-order chi connectivity index (χ0) is 10.7. The van der Waals surface area contributed by atoms with Crippen LogP contribution in [0, 0.1) is 0 Å². The van der Waals surface area contributed by atoms with Crippen LogP contribution in [0.4, 0.5) is 0 Å². The van der Waals surface area contributed by atoms with E-state index in [4.69, 9.17) is 0 Å². The molecule has 0 bridgehead atoms. The standard InChI is InChI=1S/C11H14N2O2/c14-10-6-7-13(11(15)12-10)8-9-4-2-1-3-5-9/h1-5,11,15H,6-8H2,(H,12,14). The minimum Gasteiger partial charge on any atom is -0.361 e. The molecule has 1 heterocycles. The lowest BCUT2D eigenvalue weighted by atomic mass is 10.2. The van der Waals surface area contributed by atoms with Crippen LogP contribution in [0.1, 0.15) is 12.0 Å². The van der Waals surface area contributed by atoms with Gasteiger partial charge in [-0.2, -0.15) is 0 Å². The number of amides is 1. The normalized spacial score (nSPS) is 22.5. The molecule has 0 saturated carbocycles. The lowest BCUT2D eigenvalue weighted by Crippen LogP contribution is -2.53. The Labute approximate surface area is 88.5 Å². The third-order valence-electron chi connectivity index (χ3n) is 2.49. The summed E-state index contributed by atoms with van der Waals surface area (Å²) in [4.78, 5) is 12.8. The van der Waals surface area contributed by atoms with Crippen LogP contribution in [0.3, 0.4) is 0 Å². The number of nitrogens with zero attached hydrogens (tertiary/aromatic N) is 1. The van der Waals surface area contributed by atoms with Crippen molar-refractivity contribution in [2.24, 2.45) is 0 Å². The largest absolute Gasteiger partial charge is 0.361 e. The minimum absolute atomic E-state index is 0.0909. The highest BCUT2D eigenvalue weighted by Gasteiger charge is 2.23. The molecule has 15 heavy (non-hydrogen) atoms. The highest BCUT2D eigenvalue weighted by atomic mass is 16.3. The fourth-order valence-corrected chi connectivity index (χ4v) is 1.66. The first-order valence-corrected chi connectivity index (χ1v) is 5.01. The van der Waals surface area contributed by atoms with Gasteiger partial charge in [0.25, 0.3) is 0 Å². The van der Waals surface area contributed by atoms with Crippen LogP contribution in [0.25, 0.3) is 0 Å². The van der Waals surface area contributed by atoms with Crippen molar-refractivity contribution in [3.63, 3.8) is 0 Å². The molecule has 80 valence electrons. The number of carbonyl (C=O) groups excluding carboxylic acids is 1. The molecule has 2 rings (SSSR count). The lowest BCUT2D eigenvalue weighted by molar-refractivity contribution is -0.136. The zero-order valence-corrected chi connectivity index (χ0v) is 8.39. The average Bonchev–Trinajstić information content (AvgIpc) is 2.24. The number of hydrogen-bond donors (Lipinski definition) is 2. The van der Waals surface area contributed by atoms with E-state index >= 15 is 0 Å². The van der Waals surface area contributed by atoms with Crippen molar-refractivity contribution in [2.75, 3.05) is 6.54 Å². The first-order valence-electron chi connectivity index (χ1n) is 5.01. The van der Waals surface area contributed by atoms with E-state index in [1.165, 1.54) is 0 Å². The van der Waals surface area contributed by atoms with Crippen molar-refractivity contribution in [3.8, 4) is 0 Å². The van der Waals surface area contributed by atoms with Gasteiger partial charge >= 0.3 is 0 Å². The lowest BCUT2D eigenvalue weighted by Gasteiger charge is -2.32. The molecule has 0 aromatic heterocycles. The number of nitrogens with one attached hydrogen (secondary N) is 1. The summed E-state index contributed by atoms with van der Waals surface area (Å²) in [6.07, 6.45) is -0.407. The van der Waals surface area contributed by atoms with Gasteiger partial charge in [-0.3, -0.25) is 9.69 Å². The molecule has 2 N–H and O–H groups in total. The number of benzene rings is 1. The average molecular weight is 206 g/mol. The number of aliphatic hydroxyl groups is 1. The van der Waals surface area contributed by atoms with Gasteiger partial charge in [-0.1, -0.05) is 30.3 Å². The summed E-state index contributed by atoms with van der Waals surface area (Å²) in [5.74, 6) is -0.0909. The third-order valence-corrected chi connectivity index (χ3v) is 2.49. The van der Waals surface area contributed by atoms with Gasteiger partial charge < -0.3 is 10.4 Å². The Balaban J connectivity index is 1.98. The molecule has 1 unspecified atom stereocenters. The molecule has 1 amide bonds. The molecule has 1 aliphatic rings. The number of rotatable bonds is 2. The first kappa shape index (κ1) is 10.1. The SMILES string of the molecule is O=C1CCN(Cc2ccccc2)C(O)N1. The van der Waals surface area contributed by atoms with E-state index in [9.17, 15) is 9.90 Å². The Morgan fingerprint density at radius 2 is 2.13 bits per heavy atom. The fraction of sp³-hybridized carbons (Fsp3) is 0.364. The van der Waals surface area contributed by atoms with Crippen molar-refractivity contribution in [1.82, 2.24) is 10.2 Å². The molecular weight excluding hydrogens is 192 g/mol. The number of carbonyl (C=O) groups is 1. The fourth-order valence-electron chi connectivity index (χ4n) is 1.66. The van der Waals surface area contributed by atoms with E-state index in [0.717, 1.165) is 5.56 Å². The van der Waals surface area contributed by atoms with E-state index in [0.29, 0.717) is 19.5 Å². The summed E-state index contributed by atoms with van der Waals surface area (Å²) in [5, 5.41) is 12.1. The van der Waals surface area contributed by atoms with Crippen molar-refractivity contribution in [2.45, 2.75) is 19.3 Å². The number of hydrogen-bond acceptors (Lipinski definition) is 3. The van der Waals surface area contributed by atoms with Crippen molar-refractivity contribution >= 4 is 5.91 Å². The molecule has 0 radical (unpaired) electrons. The topological polar surface area (TPSA) is 52.6 Å². The third kappa shape index (κ3) is 2.55. The van der Waals surface area contributed by atoms with Crippen LogP contribution in [0.15, 0.2) is 30.3 Å². The quantitative estimate of drug-likeness (QED) is 0.731.